The van der Waals surface area contributed by atoms with Crippen LogP contribution in [0.25, 0.3) is 0 Å². The summed E-state index contributed by atoms with van der Waals surface area (Å²) in [5, 5.41) is 31.2. The number of benzene rings is 3. The highest BCUT2D eigenvalue weighted by Gasteiger charge is 2.19. The molecule has 0 saturated carbocycles. The lowest BCUT2D eigenvalue weighted by atomic mass is 10.1. The van der Waals surface area contributed by atoms with E-state index in [1.54, 1.807) is 24.3 Å². The van der Waals surface area contributed by atoms with Crippen molar-refractivity contribution in [3.8, 4) is 0 Å². The molecule has 37 heavy (non-hydrogen) atoms. The second kappa shape index (κ2) is 10.5. The van der Waals surface area contributed by atoms with Crippen molar-refractivity contribution < 1.29 is 20.0 Å². The molecule has 0 bridgehead atoms. The zero-order valence-electron chi connectivity index (χ0n) is 19.7. The summed E-state index contributed by atoms with van der Waals surface area (Å²) >= 11 is 0. The zero-order chi connectivity index (χ0) is 25.8. The molecule has 0 atom stereocenters. The first-order valence-electron chi connectivity index (χ1n) is 11.7. The maximum Gasteiger partial charge on any atom is 0.257 e. The number of hydrogen-bond donors (Lipinski definition) is 6. The van der Waals surface area contributed by atoms with Crippen molar-refractivity contribution in [1.82, 2.24) is 10.6 Å². The van der Waals surface area contributed by atoms with E-state index >= 15 is 0 Å². The minimum Gasteiger partial charge on any atom is -0.368 e. The third kappa shape index (κ3) is 5.42. The van der Waals surface area contributed by atoms with Gasteiger partial charge in [-0.3, -0.25) is 30.0 Å². The Kier molecular flexibility index (Phi) is 6.79. The van der Waals surface area contributed by atoms with Crippen LogP contribution in [0.3, 0.4) is 0 Å². The van der Waals surface area contributed by atoms with Gasteiger partial charge in [0.15, 0.2) is 0 Å². The second-order valence-electron chi connectivity index (χ2n) is 8.40. The van der Waals surface area contributed by atoms with Crippen molar-refractivity contribution in [3.63, 3.8) is 0 Å². The average Bonchev–Trinajstić information content (AvgIpc) is 3.64. The van der Waals surface area contributed by atoms with Crippen LogP contribution in [0.15, 0.2) is 76.7 Å². The molecule has 0 unspecified atom stereocenters. The van der Waals surface area contributed by atoms with Crippen molar-refractivity contribution in [2.75, 3.05) is 42.0 Å². The smallest absolute Gasteiger partial charge is 0.257 e. The van der Waals surface area contributed by atoms with Gasteiger partial charge in [0, 0.05) is 41.2 Å². The number of amidine groups is 2. The summed E-state index contributed by atoms with van der Waals surface area (Å²) in [6.07, 6.45) is 0. The molecular weight excluding hydrogens is 474 g/mol. The summed E-state index contributed by atoms with van der Waals surface area (Å²) < 4.78 is 0. The molecule has 2 amide bonds. The molecule has 0 aromatic heterocycles. The summed E-state index contributed by atoms with van der Waals surface area (Å²) in [4.78, 5) is 34.4. The Labute approximate surface area is 212 Å². The fraction of sp³-hybridized carbons (Fsp3) is 0.154. The molecule has 3 aromatic carbocycles. The van der Waals surface area contributed by atoms with Crippen LogP contribution in [0.1, 0.15) is 31.8 Å². The van der Waals surface area contributed by atoms with Crippen molar-refractivity contribution in [2.45, 2.75) is 0 Å². The highest BCUT2D eigenvalue weighted by atomic mass is 16.8. The van der Waals surface area contributed by atoms with Crippen LogP contribution in [0.2, 0.25) is 0 Å². The highest BCUT2D eigenvalue weighted by Crippen LogP contribution is 2.23. The van der Waals surface area contributed by atoms with Crippen LogP contribution in [0, 0.1) is 0 Å². The van der Waals surface area contributed by atoms with Crippen molar-refractivity contribution in [3.05, 3.63) is 89.0 Å². The zero-order valence-corrected chi connectivity index (χ0v) is 19.7. The molecule has 0 spiro atoms. The first-order chi connectivity index (χ1) is 18.0. The number of aliphatic imine (C=N–C) groups is 2. The Morgan fingerprint density at radius 2 is 1.24 bits per heavy atom. The SMILES string of the molecule is O=C(Nc1ccc(C2=NCCN2)cc1)c1ccc(C(=O)Nc2ccc(C3=NCCN3)cc2)c(N(O)O)c1. The van der Waals surface area contributed by atoms with Crippen LogP contribution in [0.5, 0.6) is 0 Å². The predicted octanol–water partition coefficient (Wildman–Crippen LogP) is 2.48. The van der Waals surface area contributed by atoms with Crippen LogP contribution in [0.4, 0.5) is 17.1 Å². The van der Waals surface area contributed by atoms with E-state index in [1.807, 2.05) is 24.3 Å². The van der Waals surface area contributed by atoms with Gasteiger partial charge >= 0.3 is 0 Å². The Hall–Kier alpha value is -4.74. The van der Waals surface area contributed by atoms with Gasteiger partial charge in [0.25, 0.3) is 11.8 Å². The number of rotatable bonds is 7. The van der Waals surface area contributed by atoms with Gasteiger partial charge in [-0.1, -0.05) is 0 Å². The number of carbonyl (C=O) groups excluding carboxylic acids is 2. The number of nitrogens with zero attached hydrogens (tertiary/aromatic N) is 3. The van der Waals surface area contributed by atoms with E-state index < -0.39 is 11.8 Å². The Morgan fingerprint density at radius 3 is 1.70 bits per heavy atom. The van der Waals surface area contributed by atoms with E-state index in [2.05, 4.69) is 31.3 Å². The molecule has 6 N–H and O–H groups in total. The normalized spacial score (nSPS) is 14.2. The maximum absolute atomic E-state index is 12.9. The molecule has 0 saturated heterocycles. The minimum atomic E-state index is -0.571. The molecule has 3 aromatic rings. The molecule has 188 valence electrons. The van der Waals surface area contributed by atoms with Crippen LogP contribution in [-0.4, -0.2) is 60.1 Å². The van der Waals surface area contributed by atoms with Crippen LogP contribution < -0.4 is 26.5 Å². The van der Waals surface area contributed by atoms with Gasteiger partial charge in [0.1, 0.15) is 17.4 Å². The lowest BCUT2D eigenvalue weighted by Crippen LogP contribution is -2.21. The van der Waals surface area contributed by atoms with E-state index in [4.69, 9.17) is 0 Å². The molecule has 11 heteroatoms. The van der Waals surface area contributed by atoms with Gasteiger partial charge in [0.05, 0.1) is 18.7 Å². The Bertz CT molecular complexity index is 1380. The largest absolute Gasteiger partial charge is 0.368 e. The Morgan fingerprint density at radius 1 is 0.730 bits per heavy atom. The van der Waals surface area contributed by atoms with Gasteiger partial charge in [-0.2, -0.15) is 0 Å². The summed E-state index contributed by atoms with van der Waals surface area (Å²) in [7, 11) is 0. The lowest BCUT2D eigenvalue weighted by molar-refractivity contribution is 0.0285. The molecule has 5 rings (SSSR count). The predicted molar refractivity (Wildman–Crippen MR) is 140 cm³/mol. The third-order valence-electron chi connectivity index (χ3n) is 5.90. The van der Waals surface area contributed by atoms with Gasteiger partial charge in [0.2, 0.25) is 0 Å². The average molecular weight is 500 g/mol. The fourth-order valence-electron chi connectivity index (χ4n) is 4.04. The topological polar surface area (TPSA) is 151 Å². The summed E-state index contributed by atoms with van der Waals surface area (Å²) in [6.45, 7) is 3.06. The summed E-state index contributed by atoms with van der Waals surface area (Å²) in [5.74, 6) is 0.580. The second-order valence-corrected chi connectivity index (χ2v) is 8.40. The lowest BCUT2D eigenvalue weighted by Gasteiger charge is -2.15. The number of carbonyl (C=O) groups is 2. The number of anilines is 3. The molecule has 2 aliphatic heterocycles. The van der Waals surface area contributed by atoms with E-state index in [9.17, 15) is 20.0 Å². The van der Waals surface area contributed by atoms with Crippen molar-refractivity contribution >= 4 is 40.5 Å². The van der Waals surface area contributed by atoms with E-state index in [1.165, 1.54) is 18.2 Å². The van der Waals surface area contributed by atoms with Gasteiger partial charge in [-0.25, -0.2) is 0 Å². The van der Waals surface area contributed by atoms with E-state index in [0.717, 1.165) is 49.0 Å². The van der Waals surface area contributed by atoms with Gasteiger partial charge in [-0.05, 0) is 66.7 Å². The quantitative estimate of drug-likeness (QED) is 0.273. The molecule has 0 aliphatic carbocycles. The van der Waals surface area contributed by atoms with Crippen molar-refractivity contribution in [1.29, 1.82) is 0 Å². The Balaban J connectivity index is 1.28. The monoisotopic (exact) mass is 499 g/mol. The third-order valence-corrected chi connectivity index (χ3v) is 5.90. The number of nitrogens with one attached hydrogen (secondary N) is 4. The van der Waals surface area contributed by atoms with Gasteiger partial charge < -0.3 is 21.3 Å². The minimum absolute atomic E-state index is 0.0262. The first kappa shape index (κ1) is 24.0. The van der Waals surface area contributed by atoms with Crippen LogP contribution in [-0.2, 0) is 0 Å². The molecule has 0 radical (unpaired) electrons. The standard InChI is InChI=1S/C26H25N7O4/c34-25(31-19-6-1-16(2-7-19)23-27-11-12-28-23)18-5-10-21(22(15-18)33(36)37)26(35)32-20-8-3-17(4-9-20)24-29-13-14-30-24/h1-10,15,36-37H,11-14H2,(H,27,28)(H,29,30)(H,31,34)(H,32,35). The summed E-state index contributed by atoms with van der Waals surface area (Å²) in [5.41, 5.74) is 2.77. The number of hydrogen-bond acceptors (Lipinski definition) is 9. The highest BCUT2D eigenvalue weighted by molar-refractivity contribution is 6.11. The van der Waals surface area contributed by atoms with Crippen molar-refractivity contribution in [2.24, 2.45) is 9.98 Å². The molecule has 11 nitrogen and oxygen atoms in total. The molecule has 2 heterocycles. The first-order valence-corrected chi connectivity index (χ1v) is 11.7. The van der Waals surface area contributed by atoms with Gasteiger partial charge in [-0.15, -0.1) is 5.23 Å². The molecule has 2 aliphatic rings. The summed E-state index contributed by atoms with van der Waals surface area (Å²) in [6, 6.07) is 18.3. The van der Waals surface area contributed by atoms with E-state index in [-0.39, 0.29) is 22.0 Å². The van der Waals surface area contributed by atoms with Crippen LogP contribution >= 0.6 is 0 Å². The van der Waals surface area contributed by atoms with E-state index in [0.29, 0.717) is 11.4 Å². The fourth-order valence-corrected chi connectivity index (χ4v) is 4.04. The maximum atomic E-state index is 12.9. The molecule has 0 fully saturated rings. The number of amides is 2. The molecular formula is C26H25N7O4.